The molecule has 0 aromatic rings. The molecule has 0 amide bonds. The molecule has 0 aliphatic heterocycles. The zero-order valence-electron chi connectivity index (χ0n) is 10.5. The van der Waals surface area contributed by atoms with Crippen molar-refractivity contribution in [1.82, 2.24) is 0 Å². The fourth-order valence-electron chi connectivity index (χ4n) is 2.77. The van der Waals surface area contributed by atoms with E-state index < -0.39 is 0 Å². The fraction of sp³-hybridized carbons (Fsp3) is 0.714. The Morgan fingerprint density at radius 1 is 0.786 bits per heavy atom. The van der Waals surface area contributed by atoms with Crippen molar-refractivity contribution in [3.8, 4) is 0 Å². The van der Waals surface area contributed by atoms with Crippen molar-refractivity contribution in [3.05, 3.63) is 24.3 Å². The maximum Gasteiger partial charge on any atom is 0.0158 e. The highest BCUT2D eigenvalue weighted by Crippen LogP contribution is 2.54. The summed E-state index contributed by atoms with van der Waals surface area (Å²) in [6, 6.07) is 0. The average Bonchev–Trinajstić information content (AvgIpc) is 2.02. The SMILES string of the molecule is CC(C)(C)C1(C(C)(C)C)C=CCC=C1. The van der Waals surface area contributed by atoms with Gasteiger partial charge in [-0.1, -0.05) is 65.8 Å². The topological polar surface area (TPSA) is 0 Å². The van der Waals surface area contributed by atoms with Crippen molar-refractivity contribution >= 4 is 0 Å². The summed E-state index contributed by atoms with van der Waals surface area (Å²) in [5.74, 6) is 0. The molecule has 0 N–H and O–H groups in total. The maximum absolute atomic E-state index is 2.41. The average molecular weight is 192 g/mol. The Morgan fingerprint density at radius 2 is 1.14 bits per heavy atom. The molecule has 80 valence electrons. The van der Waals surface area contributed by atoms with Crippen LogP contribution in [0.25, 0.3) is 0 Å². The Bertz CT molecular complexity index is 225. The van der Waals surface area contributed by atoms with Gasteiger partial charge in [0, 0.05) is 5.41 Å². The largest absolute Gasteiger partial charge is 0.0838 e. The maximum atomic E-state index is 2.41. The molecule has 0 nitrogen and oxygen atoms in total. The van der Waals surface area contributed by atoms with Crippen molar-refractivity contribution < 1.29 is 0 Å². The van der Waals surface area contributed by atoms with Gasteiger partial charge in [0.05, 0.1) is 0 Å². The van der Waals surface area contributed by atoms with Crippen LogP contribution in [0.2, 0.25) is 0 Å². The van der Waals surface area contributed by atoms with Crippen LogP contribution in [0.3, 0.4) is 0 Å². The molecule has 0 aromatic carbocycles. The van der Waals surface area contributed by atoms with Crippen LogP contribution in [-0.2, 0) is 0 Å². The lowest BCUT2D eigenvalue weighted by molar-refractivity contribution is 0.0655. The molecule has 0 heterocycles. The lowest BCUT2D eigenvalue weighted by atomic mass is 9.53. The van der Waals surface area contributed by atoms with Gasteiger partial charge in [0.25, 0.3) is 0 Å². The number of hydrogen-bond acceptors (Lipinski definition) is 0. The number of hydrogen-bond donors (Lipinski definition) is 0. The summed E-state index contributed by atoms with van der Waals surface area (Å²) in [7, 11) is 0. The first kappa shape index (κ1) is 11.6. The van der Waals surface area contributed by atoms with E-state index in [0.29, 0.717) is 0 Å². The normalized spacial score (nSPS) is 21.3. The van der Waals surface area contributed by atoms with Gasteiger partial charge in [0.15, 0.2) is 0 Å². The van der Waals surface area contributed by atoms with Gasteiger partial charge in [-0.2, -0.15) is 0 Å². The van der Waals surface area contributed by atoms with Crippen LogP contribution in [0, 0.1) is 16.2 Å². The number of rotatable bonds is 0. The van der Waals surface area contributed by atoms with Gasteiger partial charge in [0.1, 0.15) is 0 Å². The van der Waals surface area contributed by atoms with E-state index in [1.807, 2.05) is 0 Å². The van der Waals surface area contributed by atoms with Gasteiger partial charge in [0.2, 0.25) is 0 Å². The van der Waals surface area contributed by atoms with Crippen LogP contribution in [0.4, 0.5) is 0 Å². The quantitative estimate of drug-likeness (QED) is 0.493. The molecule has 1 rings (SSSR count). The Morgan fingerprint density at radius 3 is 1.36 bits per heavy atom. The Kier molecular flexibility index (Phi) is 2.69. The minimum Gasteiger partial charge on any atom is -0.0838 e. The van der Waals surface area contributed by atoms with Crippen LogP contribution < -0.4 is 0 Å². The molecular formula is C14H24. The molecule has 0 bridgehead atoms. The third kappa shape index (κ3) is 1.67. The summed E-state index contributed by atoms with van der Waals surface area (Å²) in [5, 5.41) is 0. The van der Waals surface area contributed by atoms with Gasteiger partial charge in [-0.05, 0) is 17.3 Å². The molecule has 0 spiro atoms. The Labute approximate surface area is 89.1 Å². The summed E-state index contributed by atoms with van der Waals surface area (Å²) in [6.45, 7) is 14.0. The zero-order chi connectivity index (χ0) is 11.0. The van der Waals surface area contributed by atoms with E-state index in [9.17, 15) is 0 Å². The van der Waals surface area contributed by atoms with E-state index in [4.69, 9.17) is 0 Å². The summed E-state index contributed by atoms with van der Waals surface area (Å²) in [5.41, 5.74) is 0.746. The molecule has 0 atom stereocenters. The van der Waals surface area contributed by atoms with Crippen molar-refractivity contribution in [2.75, 3.05) is 0 Å². The first-order valence-corrected chi connectivity index (χ1v) is 5.56. The molecule has 0 saturated heterocycles. The lowest BCUT2D eigenvalue weighted by Gasteiger charge is -2.51. The van der Waals surface area contributed by atoms with E-state index in [2.05, 4.69) is 65.8 Å². The van der Waals surface area contributed by atoms with Gasteiger partial charge >= 0.3 is 0 Å². The van der Waals surface area contributed by atoms with E-state index in [0.717, 1.165) is 6.42 Å². The van der Waals surface area contributed by atoms with E-state index >= 15 is 0 Å². The van der Waals surface area contributed by atoms with Gasteiger partial charge < -0.3 is 0 Å². The second kappa shape index (κ2) is 3.25. The predicted octanol–water partition coefficient (Wildman–Crippen LogP) is 4.58. The van der Waals surface area contributed by atoms with E-state index in [-0.39, 0.29) is 16.2 Å². The van der Waals surface area contributed by atoms with Crippen LogP contribution >= 0.6 is 0 Å². The lowest BCUT2D eigenvalue weighted by Crippen LogP contribution is -2.43. The van der Waals surface area contributed by atoms with Crippen molar-refractivity contribution in [2.45, 2.75) is 48.0 Å². The highest BCUT2D eigenvalue weighted by atomic mass is 14.5. The first-order chi connectivity index (χ1) is 6.21. The Hall–Kier alpha value is -0.520. The van der Waals surface area contributed by atoms with Crippen molar-refractivity contribution in [3.63, 3.8) is 0 Å². The molecule has 0 saturated carbocycles. The van der Waals surface area contributed by atoms with Gasteiger partial charge in [-0.3, -0.25) is 0 Å². The fourth-order valence-corrected chi connectivity index (χ4v) is 2.77. The second-order valence-electron chi connectivity index (χ2n) is 6.41. The summed E-state index contributed by atoms with van der Waals surface area (Å²) in [4.78, 5) is 0. The monoisotopic (exact) mass is 192 g/mol. The molecular weight excluding hydrogens is 168 g/mol. The molecule has 0 unspecified atom stereocenters. The molecule has 0 fully saturated rings. The van der Waals surface area contributed by atoms with Crippen LogP contribution in [0.15, 0.2) is 24.3 Å². The summed E-state index contributed by atoms with van der Waals surface area (Å²) >= 11 is 0. The van der Waals surface area contributed by atoms with Gasteiger partial charge in [-0.15, -0.1) is 0 Å². The van der Waals surface area contributed by atoms with E-state index in [1.54, 1.807) is 0 Å². The highest BCUT2D eigenvalue weighted by molar-refractivity contribution is 5.25. The smallest absolute Gasteiger partial charge is 0.0158 e. The summed E-state index contributed by atoms with van der Waals surface area (Å²) in [6.07, 6.45) is 10.5. The third-order valence-corrected chi connectivity index (χ3v) is 3.52. The predicted molar refractivity (Wildman–Crippen MR) is 64.2 cm³/mol. The molecule has 0 heteroatoms. The highest BCUT2D eigenvalue weighted by Gasteiger charge is 2.46. The number of allylic oxidation sites excluding steroid dienone is 4. The summed E-state index contributed by atoms with van der Waals surface area (Å²) < 4.78 is 0. The Balaban J connectivity index is 3.23. The molecule has 14 heavy (non-hydrogen) atoms. The molecule has 0 aromatic heterocycles. The van der Waals surface area contributed by atoms with Crippen LogP contribution in [0.5, 0.6) is 0 Å². The molecule has 1 aliphatic carbocycles. The van der Waals surface area contributed by atoms with Gasteiger partial charge in [-0.25, -0.2) is 0 Å². The van der Waals surface area contributed by atoms with Crippen LogP contribution in [0.1, 0.15) is 48.0 Å². The zero-order valence-corrected chi connectivity index (χ0v) is 10.5. The minimum atomic E-state index is 0.193. The van der Waals surface area contributed by atoms with Crippen molar-refractivity contribution in [1.29, 1.82) is 0 Å². The molecule has 0 radical (unpaired) electrons. The first-order valence-electron chi connectivity index (χ1n) is 5.56. The second-order valence-corrected chi connectivity index (χ2v) is 6.41. The third-order valence-electron chi connectivity index (χ3n) is 3.52. The van der Waals surface area contributed by atoms with Crippen LogP contribution in [-0.4, -0.2) is 0 Å². The van der Waals surface area contributed by atoms with Crippen molar-refractivity contribution in [2.24, 2.45) is 16.2 Å². The molecule has 1 aliphatic rings. The van der Waals surface area contributed by atoms with E-state index in [1.165, 1.54) is 0 Å². The standard InChI is InChI=1S/C14H24/c1-12(2,3)14(13(4,5)6)10-8-7-9-11-14/h8-11H,7H2,1-6H3. The minimum absolute atomic E-state index is 0.193.